The Hall–Kier alpha value is -2.04. The molecule has 0 aliphatic heterocycles. The van der Waals surface area contributed by atoms with Crippen molar-refractivity contribution in [2.75, 3.05) is 18.0 Å². The van der Waals surface area contributed by atoms with Gasteiger partial charge in [0.05, 0.1) is 5.69 Å². The number of rotatable bonds is 6. The van der Waals surface area contributed by atoms with Crippen molar-refractivity contribution >= 4 is 17.6 Å². The lowest BCUT2D eigenvalue weighted by Crippen LogP contribution is -2.42. The predicted octanol–water partition coefficient (Wildman–Crippen LogP) is 2.93. The van der Waals surface area contributed by atoms with Crippen molar-refractivity contribution in [2.24, 2.45) is 0 Å². The molecule has 0 radical (unpaired) electrons. The van der Waals surface area contributed by atoms with Crippen LogP contribution in [0.5, 0.6) is 0 Å². The van der Waals surface area contributed by atoms with Crippen molar-refractivity contribution in [1.82, 2.24) is 10.6 Å². The minimum Gasteiger partial charge on any atom is -0.336 e. The maximum atomic E-state index is 12.1. The fourth-order valence-corrected chi connectivity index (χ4v) is 2.69. The second-order valence-electron chi connectivity index (χ2n) is 6.51. The Bertz CT molecular complexity index is 580. The van der Waals surface area contributed by atoms with E-state index in [1.807, 2.05) is 19.1 Å². The number of hydrogen-bond acceptors (Lipinski definition) is 2. The van der Waals surface area contributed by atoms with Gasteiger partial charge in [-0.25, -0.2) is 4.79 Å². The molecule has 1 aliphatic carbocycles. The summed E-state index contributed by atoms with van der Waals surface area (Å²) in [4.78, 5) is 25.6. The SMILES string of the molecule is CC(=O)N(CCNC(=O)NC1CC1)c1c(C)cccc1C(C)C. The van der Waals surface area contributed by atoms with Crippen LogP contribution in [0.2, 0.25) is 0 Å². The summed E-state index contributed by atoms with van der Waals surface area (Å²) in [6.45, 7) is 8.74. The first kappa shape index (κ1) is 17.3. The molecule has 0 bridgehead atoms. The smallest absolute Gasteiger partial charge is 0.315 e. The molecule has 1 saturated carbocycles. The van der Waals surface area contributed by atoms with Crippen molar-refractivity contribution in [1.29, 1.82) is 0 Å². The molecular formula is C18H27N3O2. The lowest BCUT2D eigenvalue weighted by atomic mass is 9.97. The Labute approximate surface area is 138 Å². The standard InChI is InChI=1S/C18H27N3O2/c1-12(2)16-7-5-6-13(3)17(16)21(14(4)22)11-10-19-18(23)20-15-8-9-15/h5-7,12,15H,8-11H2,1-4H3,(H2,19,20,23). The van der Waals surface area contributed by atoms with Crippen LogP contribution in [0.15, 0.2) is 18.2 Å². The van der Waals surface area contributed by atoms with Crippen molar-refractivity contribution in [2.45, 2.75) is 52.5 Å². The van der Waals surface area contributed by atoms with E-state index in [1.54, 1.807) is 11.8 Å². The van der Waals surface area contributed by atoms with Gasteiger partial charge in [0.15, 0.2) is 0 Å². The molecule has 5 nitrogen and oxygen atoms in total. The molecule has 23 heavy (non-hydrogen) atoms. The number of hydrogen-bond donors (Lipinski definition) is 2. The summed E-state index contributed by atoms with van der Waals surface area (Å²) < 4.78 is 0. The quantitative estimate of drug-likeness (QED) is 0.847. The normalized spacial score (nSPS) is 13.8. The predicted molar refractivity (Wildman–Crippen MR) is 92.9 cm³/mol. The van der Waals surface area contributed by atoms with Gasteiger partial charge in [-0.05, 0) is 36.8 Å². The van der Waals surface area contributed by atoms with E-state index in [4.69, 9.17) is 0 Å². The number of carbonyl (C=O) groups is 2. The summed E-state index contributed by atoms with van der Waals surface area (Å²) >= 11 is 0. The number of aryl methyl sites for hydroxylation is 1. The van der Waals surface area contributed by atoms with Gasteiger partial charge in [-0.1, -0.05) is 32.0 Å². The van der Waals surface area contributed by atoms with Gasteiger partial charge in [0.25, 0.3) is 0 Å². The van der Waals surface area contributed by atoms with Crippen LogP contribution in [0.3, 0.4) is 0 Å². The summed E-state index contributed by atoms with van der Waals surface area (Å²) in [5, 5.41) is 5.72. The Morgan fingerprint density at radius 2 is 2.00 bits per heavy atom. The average molecular weight is 317 g/mol. The fraction of sp³-hybridized carbons (Fsp3) is 0.556. The highest BCUT2D eigenvalue weighted by atomic mass is 16.2. The first-order valence-corrected chi connectivity index (χ1v) is 8.32. The van der Waals surface area contributed by atoms with E-state index in [2.05, 4.69) is 30.5 Å². The van der Waals surface area contributed by atoms with Crippen LogP contribution in [0.1, 0.15) is 50.7 Å². The molecule has 1 fully saturated rings. The van der Waals surface area contributed by atoms with Gasteiger partial charge in [-0.15, -0.1) is 0 Å². The number of nitrogens with zero attached hydrogens (tertiary/aromatic N) is 1. The Balaban J connectivity index is 2.06. The van der Waals surface area contributed by atoms with Crippen molar-refractivity contribution in [3.05, 3.63) is 29.3 Å². The average Bonchev–Trinajstić information content (AvgIpc) is 3.27. The molecule has 0 atom stereocenters. The molecule has 1 aliphatic rings. The number of benzene rings is 1. The van der Waals surface area contributed by atoms with Crippen LogP contribution in [-0.2, 0) is 4.79 Å². The highest BCUT2D eigenvalue weighted by molar-refractivity contribution is 5.93. The molecule has 0 heterocycles. The lowest BCUT2D eigenvalue weighted by Gasteiger charge is -2.27. The number of para-hydroxylation sites is 1. The van der Waals surface area contributed by atoms with E-state index in [1.165, 1.54) is 0 Å². The zero-order valence-electron chi connectivity index (χ0n) is 14.5. The third kappa shape index (κ3) is 4.71. The van der Waals surface area contributed by atoms with E-state index >= 15 is 0 Å². The third-order valence-electron chi connectivity index (χ3n) is 4.07. The maximum Gasteiger partial charge on any atom is 0.315 e. The Morgan fingerprint density at radius 3 is 2.57 bits per heavy atom. The molecule has 1 aromatic carbocycles. The Morgan fingerprint density at radius 1 is 1.30 bits per heavy atom. The topological polar surface area (TPSA) is 61.4 Å². The highest BCUT2D eigenvalue weighted by Crippen LogP contribution is 2.30. The van der Waals surface area contributed by atoms with E-state index < -0.39 is 0 Å². The van der Waals surface area contributed by atoms with Crippen LogP contribution in [0.25, 0.3) is 0 Å². The van der Waals surface area contributed by atoms with Crippen molar-refractivity contribution in [3.63, 3.8) is 0 Å². The van der Waals surface area contributed by atoms with Gasteiger partial charge >= 0.3 is 6.03 Å². The van der Waals surface area contributed by atoms with E-state index in [9.17, 15) is 9.59 Å². The van der Waals surface area contributed by atoms with Crippen LogP contribution in [0.4, 0.5) is 10.5 Å². The zero-order valence-corrected chi connectivity index (χ0v) is 14.5. The van der Waals surface area contributed by atoms with Crippen LogP contribution >= 0.6 is 0 Å². The van der Waals surface area contributed by atoms with Gasteiger partial charge in [0, 0.05) is 26.1 Å². The summed E-state index contributed by atoms with van der Waals surface area (Å²) in [6.07, 6.45) is 2.13. The van der Waals surface area contributed by atoms with Crippen molar-refractivity contribution in [3.8, 4) is 0 Å². The third-order valence-corrected chi connectivity index (χ3v) is 4.07. The molecule has 0 saturated heterocycles. The molecule has 0 spiro atoms. The van der Waals surface area contributed by atoms with E-state index in [0.717, 1.165) is 29.7 Å². The van der Waals surface area contributed by atoms with Gasteiger partial charge in [-0.2, -0.15) is 0 Å². The van der Waals surface area contributed by atoms with E-state index in [0.29, 0.717) is 25.0 Å². The summed E-state index contributed by atoms with van der Waals surface area (Å²) in [5.74, 6) is 0.323. The highest BCUT2D eigenvalue weighted by Gasteiger charge is 2.23. The molecule has 2 rings (SSSR count). The largest absolute Gasteiger partial charge is 0.336 e. The molecule has 0 aromatic heterocycles. The van der Waals surface area contributed by atoms with Crippen LogP contribution < -0.4 is 15.5 Å². The minimum atomic E-state index is -0.148. The van der Waals surface area contributed by atoms with Gasteiger partial charge in [-0.3, -0.25) is 4.79 Å². The second-order valence-corrected chi connectivity index (χ2v) is 6.51. The molecule has 0 unspecified atom stereocenters. The fourth-order valence-electron chi connectivity index (χ4n) is 2.69. The monoisotopic (exact) mass is 317 g/mol. The first-order chi connectivity index (χ1) is 10.9. The number of amides is 3. The molecule has 1 aromatic rings. The number of carbonyl (C=O) groups excluding carboxylic acids is 2. The van der Waals surface area contributed by atoms with Gasteiger partial charge < -0.3 is 15.5 Å². The maximum absolute atomic E-state index is 12.1. The Kier molecular flexibility index (Phi) is 5.64. The minimum absolute atomic E-state index is 0.00870. The summed E-state index contributed by atoms with van der Waals surface area (Å²) in [6, 6.07) is 6.29. The molecule has 5 heteroatoms. The first-order valence-electron chi connectivity index (χ1n) is 8.32. The zero-order chi connectivity index (χ0) is 17.0. The van der Waals surface area contributed by atoms with Gasteiger partial charge in [0.1, 0.15) is 0 Å². The van der Waals surface area contributed by atoms with Crippen LogP contribution in [0, 0.1) is 6.92 Å². The molecule has 3 amide bonds. The number of nitrogens with one attached hydrogen (secondary N) is 2. The second kappa shape index (κ2) is 7.49. The molecule has 126 valence electrons. The van der Waals surface area contributed by atoms with E-state index in [-0.39, 0.29) is 11.9 Å². The molecule has 2 N–H and O–H groups in total. The lowest BCUT2D eigenvalue weighted by molar-refractivity contribution is -0.116. The molecular weight excluding hydrogens is 290 g/mol. The summed E-state index contributed by atoms with van der Waals surface area (Å²) in [5.41, 5.74) is 3.20. The number of anilines is 1. The van der Waals surface area contributed by atoms with Crippen molar-refractivity contribution < 1.29 is 9.59 Å². The van der Waals surface area contributed by atoms with Crippen LogP contribution in [-0.4, -0.2) is 31.1 Å². The number of urea groups is 1. The van der Waals surface area contributed by atoms with Gasteiger partial charge in [0.2, 0.25) is 5.91 Å². The summed E-state index contributed by atoms with van der Waals surface area (Å²) in [7, 11) is 0.